The van der Waals surface area contributed by atoms with E-state index < -0.39 is 0 Å². The molecule has 0 fully saturated rings. The van der Waals surface area contributed by atoms with Crippen molar-refractivity contribution >= 4 is 23.3 Å². The monoisotopic (exact) mass is 383 g/mol. The van der Waals surface area contributed by atoms with Gasteiger partial charge < -0.3 is 4.42 Å². The van der Waals surface area contributed by atoms with Crippen molar-refractivity contribution < 1.29 is 4.42 Å². The average Bonchev–Trinajstić information content (AvgIpc) is 3.39. The molecule has 0 aliphatic rings. The second-order valence-electron chi connectivity index (χ2n) is 5.77. The van der Waals surface area contributed by atoms with Gasteiger partial charge in [-0.2, -0.15) is 4.37 Å². The van der Waals surface area contributed by atoms with Gasteiger partial charge in [-0.05, 0) is 42.4 Å². The molecule has 0 bridgehead atoms. The molecule has 1 aromatic carbocycles. The highest BCUT2D eigenvalue weighted by atomic mass is 32.2. The lowest BCUT2D eigenvalue weighted by Crippen LogP contribution is -2.03. The van der Waals surface area contributed by atoms with E-state index in [2.05, 4.69) is 55.3 Å². The molecule has 4 aromatic rings. The minimum atomic E-state index is 0.560. The molecule has 6 nitrogen and oxygen atoms in total. The van der Waals surface area contributed by atoms with Gasteiger partial charge >= 0.3 is 0 Å². The highest BCUT2D eigenvalue weighted by Crippen LogP contribution is 2.31. The number of hydrogen-bond acceptors (Lipinski definition) is 7. The SMILES string of the molecule is CCc1nsc(Sc2nnc(-c3ccc(C)cc3)n2Cc2ccco2)n1. The summed E-state index contributed by atoms with van der Waals surface area (Å²) in [5.41, 5.74) is 2.23. The van der Waals surface area contributed by atoms with Gasteiger partial charge in [0.2, 0.25) is 0 Å². The Bertz CT molecular complexity index is 989. The van der Waals surface area contributed by atoms with E-state index in [9.17, 15) is 0 Å². The Kier molecular flexibility index (Phi) is 4.85. The van der Waals surface area contributed by atoms with Gasteiger partial charge in [0.05, 0.1) is 12.8 Å². The van der Waals surface area contributed by atoms with Crippen LogP contribution in [0.4, 0.5) is 0 Å². The summed E-state index contributed by atoms with van der Waals surface area (Å²) in [4.78, 5) is 4.52. The quantitative estimate of drug-likeness (QED) is 0.490. The zero-order valence-electron chi connectivity index (χ0n) is 14.4. The standard InChI is InChI=1S/C18H17N5OS2/c1-3-15-19-18(26-22-15)25-17-21-20-16(13-8-6-12(2)7-9-13)23(17)11-14-5-4-10-24-14/h4-10H,3,11H2,1-2H3. The van der Waals surface area contributed by atoms with Crippen molar-refractivity contribution in [2.75, 3.05) is 0 Å². The fourth-order valence-corrected chi connectivity index (χ4v) is 4.12. The van der Waals surface area contributed by atoms with Crippen molar-refractivity contribution in [2.24, 2.45) is 0 Å². The van der Waals surface area contributed by atoms with Crippen LogP contribution in [0.15, 0.2) is 56.6 Å². The van der Waals surface area contributed by atoms with Crippen LogP contribution in [0.5, 0.6) is 0 Å². The van der Waals surface area contributed by atoms with Crippen LogP contribution in [0, 0.1) is 6.92 Å². The lowest BCUT2D eigenvalue weighted by atomic mass is 10.1. The predicted octanol–water partition coefficient (Wildman–Crippen LogP) is 4.46. The van der Waals surface area contributed by atoms with Crippen LogP contribution in [0.1, 0.15) is 24.1 Å². The molecule has 0 aliphatic heterocycles. The topological polar surface area (TPSA) is 69.6 Å². The van der Waals surface area contributed by atoms with E-state index in [1.807, 2.05) is 19.1 Å². The van der Waals surface area contributed by atoms with Crippen molar-refractivity contribution in [3.05, 3.63) is 59.8 Å². The van der Waals surface area contributed by atoms with Gasteiger partial charge in [-0.15, -0.1) is 10.2 Å². The summed E-state index contributed by atoms with van der Waals surface area (Å²) in [6.45, 7) is 4.68. The molecule has 3 heterocycles. The summed E-state index contributed by atoms with van der Waals surface area (Å²) in [7, 11) is 0. The minimum absolute atomic E-state index is 0.560. The Labute approximate surface area is 159 Å². The third kappa shape index (κ3) is 3.56. The molecule has 26 heavy (non-hydrogen) atoms. The van der Waals surface area contributed by atoms with Crippen LogP contribution in [0.3, 0.4) is 0 Å². The van der Waals surface area contributed by atoms with Gasteiger partial charge in [0.1, 0.15) is 11.6 Å². The molecule has 0 saturated carbocycles. The van der Waals surface area contributed by atoms with Crippen molar-refractivity contribution in [1.82, 2.24) is 24.1 Å². The number of aromatic nitrogens is 5. The summed E-state index contributed by atoms with van der Waals surface area (Å²) in [6, 6.07) is 12.1. The van der Waals surface area contributed by atoms with Gasteiger partial charge in [0, 0.05) is 12.0 Å². The number of nitrogens with zero attached hydrogens (tertiary/aromatic N) is 5. The molecule has 0 radical (unpaired) electrons. The lowest BCUT2D eigenvalue weighted by molar-refractivity contribution is 0.485. The number of rotatable bonds is 6. The normalized spacial score (nSPS) is 11.2. The van der Waals surface area contributed by atoms with Crippen molar-refractivity contribution in [1.29, 1.82) is 0 Å². The fourth-order valence-electron chi connectivity index (χ4n) is 2.48. The number of hydrogen-bond donors (Lipinski definition) is 0. The highest BCUT2D eigenvalue weighted by molar-refractivity contribution is 8.00. The molecule has 0 aliphatic carbocycles. The Morgan fingerprint density at radius 1 is 1.15 bits per heavy atom. The molecule has 0 atom stereocenters. The summed E-state index contributed by atoms with van der Waals surface area (Å²) in [5, 5.41) is 9.60. The summed E-state index contributed by atoms with van der Waals surface area (Å²) in [6.07, 6.45) is 2.50. The van der Waals surface area contributed by atoms with E-state index in [-0.39, 0.29) is 0 Å². The van der Waals surface area contributed by atoms with Gasteiger partial charge in [0.15, 0.2) is 15.3 Å². The molecule has 0 amide bonds. The Balaban J connectivity index is 1.71. The second-order valence-corrected chi connectivity index (χ2v) is 7.74. The molecular weight excluding hydrogens is 366 g/mol. The van der Waals surface area contributed by atoms with Crippen LogP contribution >= 0.6 is 23.3 Å². The van der Waals surface area contributed by atoms with Crippen LogP contribution in [-0.4, -0.2) is 24.1 Å². The Hall–Kier alpha value is -2.45. The first-order chi connectivity index (χ1) is 12.7. The van der Waals surface area contributed by atoms with E-state index >= 15 is 0 Å². The van der Waals surface area contributed by atoms with Gasteiger partial charge in [-0.3, -0.25) is 4.57 Å². The number of furan rings is 1. The van der Waals surface area contributed by atoms with Crippen LogP contribution < -0.4 is 0 Å². The van der Waals surface area contributed by atoms with E-state index in [1.165, 1.54) is 28.9 Å². The Morgan fingerprint density at radius 3 is 2.69 bits per heavy atom. The third-order valence-electron chi connectivity index (χ3n) is 3.86. The molecular formula is C18H17N5OS2. The summed E-state index contributed by atoms with van der Waals surface area (Å²) < 4.78 is 12.8. The molecule has 132 valence electrons. The zero-order valence-corrected chi connectivity index (χ0v) is 16.0. The van der Waals surface area contributed by atoms with Gasteiger partial charge in [0.25, 0.3) is 0 Å². The first kappa shape index (κ1) is 17.0. The Morgan fingerprint density at radius 2 is 2.00 bits per heavy atom. The lowest BCUT2D eigenvalue weighted by Gasteiger charge is -2.08. The zero-order chi connectivity index (χ0) is 17.9. The molecule has 0 spiro atoms. The first-order valence-corrected chi connectivity index (χ1v) is 9.85. The number of benzene rings is 1. The molecule has 4 rings (SSSR count). The smallest absolute Gasteiger partial charge is 0.199 e. The maximum absolute atomic E-state index is 5.53. The largest absolute Gasteiger partial charge is 0.467 e. The molecule has 8 heteroatoms. The average molecular weight is 384 g/mol. The van der Waals surface area contributed by atoms with Crippen molar-refractivity contribution in [2.45, 2.75) is 36.3 Å². The van der Waals surface area contributed by atoms with Crippen LogP contribution in [0.25, 0.3) is 11.4 Å². The van der Waals surface area contributed by atoms with Gasteiger partial charge in [-0.25, -0.2) is 4.98 Å². The van der Waals surface area contributed by atoms with E-state index in [0.717, 1.165) is 38.9 Å². The van der Waals surface area contributed by atoms with Gasteiger partial charge in [-0.1, -0.05) is 36.8 Å². The molecule has 0 unspecified atom stereocenters. The van der Waals surface area contributed by atoms with Crippen molar-refractivity contribution in [3.8, 4) is 11.4 Å². The number of aryl methyl sites for hydroxylation is 2. The van der Waals surface area contributed by atoms with E-state index in [4.69, 9.17) is 4.42 Å². The minimum Gasteiger partial charge on any atom is -0.467 e. The van der Waals surface area contributed by atoms with E-state index in [1.54, 1.807) is 6.26 Å². The predicted molar refractivity (Wildman–Crippen MR) is 101 cm³/mol. The second kappa shape index (κ2) is 7.43. The van der Waals surface area contributed by atoms with Crippen LogP contribution in [-0.2, 0) is 13.0 Å². The molecule has 3 aromatic heterocycles. The summed E-state index contributed by atoms with van der Waals surface area (Å²) >= 11 is 2.87. The first-order valence-electron chi connectivity index (χ1n) is 8.26. The third-order valence-corrected chi connectivity index (χ3v) is 5.64. The van der Waals surface area contributed by atoms with Crippen LogP contribution in [0.2, 0.25) is 0 Å². The summed E-state index contributed by atoms with van der Waals surface area (Å²) in [5.74, 6) is 2.52. The highest BCUT2D eigenvalue weighted by Gasteiger charge is 2.18. The molecule has 0 N–H and O–H groups in total. The molecule has 0 saturated heterocycles. The fraction of sp³-hybridized carbons (Fsp3) is 0.222. The maximum atomic E-state index is 5.53. The maximum Gasteiger partial charge on any atom is 0.199 e. The van der Waals surface area contributed by atoms with Crippen molar-refractivity contribution in [3.63, 3.8) is 0 Å². The van der Waals surface area contributed by atoms with E-state index in [0.29, 0.717) is 6.54 Å².